The molecule has 0 saturated carbocycles. The summed E-state index contributed by atoms with van der Waals surface area (Å²) in [6.07, 6.45) is 1.09. The van der Waals surface area contributed by atoms with Crippen molar-refractivity contribution in [3.63, 3.8) is 0 Å². The molecule has 2 aromatic rings. The summed E-state index contributed by atoms with van der Waals surface area (Å²) >= 11 is 1.78. The van der Waals surface area contributed by atoms with Crippen molar-refractivity contribution in [3.8, 4) is 5.75 Å². The largest absolute Gasteiger partial charge is 0.495 e. The summed E-state index contributed by atoms with van der Waals surface area (Å²) < 4.78 is 6.71. The first-order valence-electron chi connectivity index (χ1n) is 4.81. The van der Waals surface area contributed by atoms with Crippen LogP contribution in [0.1, 0.15) is 18.1 Å². The number of rotatable bonds is 2. The number of ether oxygens (including phenoxy) is 1. The molecule has 0 amide bonds. The first kappa shape index (κ1) is 9.53. The first-order valence-corrected chi connectivity index (χ1v) is 5.69. The molecule has 0 atom stereocenters. The Balaban J connectivity index is 2.76. The van der Waals surface area contributed by atoms with Crippen LogP contribution >= 0.6 is 11.3 Å². The highest BCUT2D eigenvalue weighted by molar-refractivity contribution is 7.17. The maximum atomic E-state index is 5.43. The van der Waals surface area contributed by atoms with Crippen LogP contribution in [0.5, 0.6) is 5.75 Å². The fourth-order valence-electron chi connectivity index (χ4n) is 1.75. The maximum Gasteiger partial charge on any atom is 0.139 e. The van der Waals surface area contributed by atoms with Gasteiger partial charge < -0.3 is 4.74 Å². The topological polar surface area (TPSA) is 9.23 Å². The summed E-state index contributed by atoms with van der Waals surface area (Å²) in [5.41, 5.74) is 2.63. The van der Waals surface area contributed by atoms with Gasteiger partial charge in [0.2, 0.25) is 0 Å². The minimum absolute atomic E-state index is 1.03. The normalized spacial score (nSPS) is 10.8. The van der Waals surface area contributed by atoms with Crippen LogP contribution in [0, 0.1) is 6.92 Å². The average molecular weight is 206 g/mol. The molecule has 1 aromatic heterocycles. The zero-order valence-corrected chi connectivity index (χ0v) is 9.57. The molecule has 74 valence electrons. The van der Waals surface area contributed by atoms with Gasteiger partial charge >= 0.3 is 0 Å². The number of hydrogen-bond donors (Lipinski definition) is 0. The van der Waals surface area contributed by atoms with Crippen molar-refractivity contribution in [1.82, 2.24) is 0 Å². The SMILES string of the molecule is CCc1csc2c(OC)c(C)ccc12. The van der Waals surface area contributed by atoms with E-state index in [4.69, 9.17) is 4.74 Å². The third-order valence-electron chi connectivity index (χ3n) is 2.56. The second-order valence-electron chi connectivity index (χ2n) is 3.41. The summed E-state index contributed by atoms with van der Waals surface area (Å²) in [4.78, 5) is 0. The van der Waals surface area contributed by atoms with Crippen molar-refractivity contribution >= 4 is 21.4 Å². The van der Waals surface area contributed by atoms with Gasteiger partial charge in [0.1, 0.15) is 5.75 Å². The minimum Gasteiger partial charge on any atom is -0.495 e. The van der Waals surface area contributed by atoms with Crippen molar-refractivity contribution < 1.29 is 4.74 Å². The van der Waals surface area contributed by atoms with Crippen LogP contribution in [0.25, 0.3) is 10.1 Å². The quantitative estimate of drug-likeness (QED) is 0.726. The van der Waals surface area contributed by atoms with Crippen LogP contribution in [-0.4, -0.2) is 7.11 Å². The first-order chi connectivity index (χ1) is 6.77. The Bertz CT molecular complexity index is 457. The molecule has 1 aromatic carbocycles. The second kappa shape index (κ2) is 3.62. The van der Waals surface area contributed by atoms with E-state index in [1.54, 1.807) is 18.4 Å². The van der Waals surface area contributed by atoms with E-state index >= 15 is 0 Å². The van der Waals surface area contributed by atoms with Gasteiger partial charge in [-0.05, 0) is 35.2 Å². The van der Waals surface area contributed by atoms with Crippen LogP contribution in [0.3, 0.4) is 0 Å². The summed E-state index contributed by atoms with van der Waals surface area (Å²) in [6, 6.07) is 4.33. The van der Waals surface area contributed by atoms with Gasteiger partial charge in [-0.3, -0.25) is 0 Å². The lowest BCUT2D eigenvalue weighted by atomic mass is 10.1. The minimum atomic E-state index is 1.03. The highest BCUT2D eigenvalue weighted by atomic mass is 32.1. The average Bonchev–Trinajstić information content (AvgIpc) is 2.60. The third-order valence-corrected chi connectivity index (χ3v) is 3.60. The van der Waals surface area contributed by atoms with Crippen molar-refractivity contribution in [2.75, 3.05) is 7.11 Å². The van der Waals surface area contributed by atoms with E-state index in [2.05, 4.69) is 31.4 Å². The molecule has 2 rings (SSSR count). The highest BCUT2D eigenvalue weighted by Crippen LogP contribution is 2.36. The van der Waals surface area contributed by atoms with Gasteiger partial charge in [0.25, 0.3) is 0 Å². The molecule has 0 N–H and O–H groups in total. The van der Waals surface area contributed by atoms with Gasteiger partial charge in [0.05, 0.1) is 11.8 Å². The molecule has 0 aliphatic carbocycles. The Hall–Kier alpha value is -1.02. The van der Waals surface area contributed by atoms with E-state index in [1.165, 1.54) is 21.2 Å². The molecule has 0 aliphatic heterocycles. The fourth-order valence-corrected chi connectivity index (χ4v) is 2.98. The van der Waals surface area contributed by atoms with Crippen molar-refractivity contribution in [3.05, 3.63) is 28.6 Å². The lowest BCUT2D eigenvalue weighted by molar-refractivity contribution is 0.417. The fraction of sp³-hybridized carbons (Fsp3) is 0.333. The van der Waals surface area contributed by atoms with E-state index in [9.17, 15) is 0 Å². The number of fused-ring (bicyclic) bond motifs is 1. The van der Waals surface area contributed by atoms with Crippen LogP contribution in [0.4, 0.5) is 0 Å². The van der Waals surface area contributed by atoms with Crippen LogP contribution in [0.15, 0.2) is 17.5 Å². The molecular weight excluding hydrogens is 192 g/mol. The van der Waals surface area contributed by atoms with Crippen LogP contribution in [-0.2, 0) is 6.42 Å². The predicted octanol–water partition coefficient (Wildman–Crippen LogP) is 3.78. The van der Waals surface area contributed by atoms with Crippen molar-refractivity contribution in [2.45, 2.75) is 20.3 Å². The zero-order chi connectivity index (χ0) is 10.1. The maximum absolute atomic E-state index is 5.43. The molecule has 14 heavy (non-hydrogen) atoms. The molecular formula is C12H14OS. The van der Waals surface area contributed by atoms with Crippen molar-refractivity contribution in [1.29, 1.82) is 0 Å². The lowest BCUT2D eigenvalue weighted by Crippen LogP contribution is -1.87. The number of aryl methyl sites for hydroxylation is 2. The van der Waals surface area contributed by atoms with Gasteiger partial charge in [0.15, 0.2) is 0 Å². The van der Waals surface area contributed by atoms with Gasteiger partial charge in [-0.25, -0.2) is 0 Å². The summed E-state index contributed by atoms with van der Waals surface area (Å²) in [5, 5.41) is 3.58. The Morgan fingerprint density at radius 2 is 2.14 bits per heavy atom. The van der Waals surface area contributed by atoms with E-state index in [1.807, 2.05) is 0 Å². The predicted molar refractivity (Wildman–Crippen MR) is 62.5 cm³/mol. The van der Waals surface area contributed by atoms with Gasteiger partial charge in [0, 0.05) is 0 Å². The Kier molecular flexibility index (Phi) is 2.46. The van der Waals surface area contributed by atoms with E-state index in [0.717, 1.165) is 12.2 Å². The van der Waals surface area contributed by atoms with Gasteiger partial charge in [-0.2, -0.15) is 0 Å². The summed E-state index contributed by atoms with van der Waals surface area (Å²) in [5.74, 6) is 1.03. The third kappa shape index (κ3) is 1.30. The molecule has 0 unspecified atom stereocenters. The lowest BCUT2D eigenvalue weighted by Gasteiger charge is -2.05. The molecule has 0 bridgehead atoms. The monoisotopic (exact) mass is 206 g/mol. The van der Waals surface area contributed by atoms with Crippen LogP contribution < -0.4 is 4.74 Å². The smallest absolute Gasteiger partial charge is 0.139 e. The number of thiophene rings is 1. The second-order valence-corrected chi connectivity index (χ2v) is 4.29. The molecule has 0 spiro atoms. The highest BCUT2D eigenvalue weighted by Gasteiger charge is 2.09. The van der Waals surface area contributed by atoms with Crippen molar-refractivity contribution in [2.24, 2.45) is 0 Å². The zero-order valence-electron chi connectivity index (χ0n) is 8.76. The standard InChI is InChI=1S/C12H14OS/c1-4-9-7-14-12-10(9)6-5-8(2)11(12)13-3/h5-7H,4H2,1-3H3. The summed E-state index contributed by atoms with van der Waals surface area (Å²) in [7, 11) is 1.74. The summed E-state index contributed by atoms with van der Waals surface area (Å²) in [6.45, 7) is 4.28. The Labute approximate surface area is 88.3 Å². The Morgan fingerprint density at radius 3 is 2.79 bits per heavy atom. The van der Waals surface area contributed by atoms with Crippen LogP contribution in [0.2, 0.25) is 0 Å². The molecule has 1 heterocycles. The Morgan fingerprint density at radius 1 is 1.36 bits per heavy atom. The van der Waals surface area contributed by atoms with E-state index in [-0.39, 0.29) is 0 Å². The van der Waals surface area contributed by atoms with Gasteiger partial charge in [-0.1, -0.05) is 19.1 Å². The molecule has 1 nitrogen and oxygen atoms in total. The number of benzene rings is 1. The number of hydrogen-bond acceptors (Lipinski definition) is 2. The molecule has 0 saturated heterocycles. The number of methoxy groups -OCH3 is 1. The van der Waals surface area contributed by atoms with E-state index in [0.29, 0.717) is 0 Å². The molecule has 0 radical (unpaired) electrons. The molecule has 0 fully saturated rings. The molecule has 0 aliphatic rings. The molecule has 2 heteroatoms. The van der Waals surface area contributed by atoms with E-state index < -0.39 is 0 Å². The van der Waals surface area contributed by atoms with Gasteiger partial charge in [-0.15, -0.1) is 11.3 Å².